The summed E-state index contributed by atoms with van der Waals surface area (Å²) in [6, 6.07) is 73.9. The molecule has 10 rings (SSSR count). The van der Waals surface area contributed by atoms with Gasteiger partial charge in [-0.2, -0.15) is 0 Å². The highest BCUT2D eigenvalue weighted by atomic mass is 16.3. The van der Waals surface area contributed by atoms with Crippen LogP contribution >= 0.6 is 0 Å². The Hall–Kier alpha value is -7.16. The van der Waals surface area contributed by atoms with Crippen molar-refractivity contribution in [2.45, 2.75) is 6.92 Å². The predicted molar refractivity (Wildman–Crippen MR) is 232 cm³/mol. The van der Waals surface area contributed by atoms with Crippen molar-refractivity contribution in [3.05, 3.63) is 212 Å². The number of benzene rings is 9. The fourth-order valence-corrected chi connectivity index (χ4v) is 8.05. The predicted octanol–water partition coefficient (Wildman–Crippen LogP) is 15.2. The zero-order chi connectivity index (χ0) is 36.7. The van der Waals surface area contributed by atoms with Gasteiger partial charge in [-0.15, -0.1) is 0 Å². The van der Waals surface area contributed by atoms with Crippen LogP contribution in [-0.4, -0.2) is 0 Å². The van der Waals surface area contributed by atoms with Gasteiger partial charge in [0.25, 0.3) is 0 Å². The van der Waals surface area contributed by atoms with Gasteiger partial charge in [0.2, 0.25) is 0 Å². The number of nitrogens with zero attached hydrogens (tertiary/aromatic N) is 1. The maximum atomic E-state index is 6.44. The Morgan fingerprint density at radius 3 is 1.56 bits per heavy atom. The number of anilines is 3. The second-order valence-corrected chi connectivity index (χ2v) is 14.2. The summed E-state index contributed by atoms with van der Waals surface area (Å²) in [6.45, 7) is 2.20. The quantitative estimate of drug-likeness (QED) is 0.164. The molecule has 260 valence electrons. The topological polar surface area (TPSA) is 16.4 Å². The fourth-order valence-electron chi connectivity index (χ4n) is 8.05. The van der Waals surface area contributed by atoms with Gasteiger partial charge in [-0.05, 0) is 105 Å². The minimum atomic E-state index is 0.911. The van der Waals surface area contributed by atoms with Crippen LogP contribution in [0.3, 0.4) is 0 Å². The summed E-state index contributed by atoms with van der Waals surface area (Å²) in [4.78, 5) is 2.35. The maximum absolute atomic E-state index is 6.44. The van der Waals surface area contributed by atoms with E-state index < -0.39 is 0 Å². The Morgan fingerprint density at radius 1 is 0.345 bits per heavy atom. The molecule has 2 nitrogen and oxygen atoms in total. The van der Waals surface area contributed by atoms with Crippen molar-refractivity contribution in [3.63, 3.8) is 0 Å². The first kappa shape index (κ1) is 32.5. The van der Waals surface area contributed by atoms with Crippen LogP contribution in [-0.2, 0) is 0 Å². The molecule has 10 aromatic rings. The highest BCUT2D eigenvalue weighted by molar-refractivity contribution is 6.09. The second kappa shape index (κ2) is 13.7. The third kappa shape index (κ3) is 5.95. The molecule has 0 amide bonds. The second-order valence-electron chi connectivity index (χ2n) is 14.2. The van der Waals surface area contributed by atoms with Gasteiger partial charge < -0.3 is 9.32 Å². The largest absolute Gasteiger partial charge is 0.455 e. The first-order valence-electron chi connectivity index (χ1n) is 18.8. The Balaban J connectivity index is 1.02. The molecule has 55 heavy (non-hydrogen) atoms. The number of para-hydroxylation sites is 2. The Bertz CT molecular complexity index is 2950. The average Bonchev–Trinajstić information content (AvgIpc) is 3.64. The van der Waals surface area contributed by atoms with Crippen LogP contribution in [0.5, 0.6) is 0 Å². The van der Waals surface area contributed by atoms with Crippen LogP contribution in [0, 0.1) is 6.92 Å². The molecule has 1 heterocycles. The summed E-state index contributed by atoms with van der Waals surface area (Å²) in [5, 5.41) is 4.81. The number of hydrogen-bond acceptors (Lipinski definition) is 2. The molecule has 0 fully saturated rings. The highest BCUT2D eigenvalue weighted by Gasteiger charge is 2.18. The number of furan rings is 1. The molecule has 0 spiro atoms. The van der Waals surface area contributed by atoms with Crippen LogP contribution in [0.15, 0.2) is 211 Å². The van der Waals surface area contributed by atoms with Gasteiger partial charge in [-0.1, -0.05) is 164 Å². The summed E-state index contributed by atoms with van der Waals surface area (Å²) in [7, 11) is 0. The normalized spacial score (nSPS) is 11.4. The van der Waals surface area contributed by atoms with Crippen molar-refractivity contribution in [2.75, 3.05) is 4.90 Å². The van der Waals surface area contributed by atoms with E-state index in [9.17, 15) is 0 Å². The monoisotopic (exact) mass is 703 g/mol. The van der Waals surface area contributed by atoms with Gasteiger partial charge in [0.15, 0.2) is 0 Å². The standard InChI is InChI=1S/C53H37NO/c1-36-35-45(33-34-46(36)50-18-10-19-51-49-16-7-8-20-52(49)55-53(50)51)54(43-29-25-39(26-30-43)37-11-3-2-4-12-37)44-31-27-40(28-32-44)38-21-23-42(24-22-38)48-17-9-14-41-13-5-6-15-47(41)48/h2-35H,1H3. The van der Waals surface area contributed by atoms with Gasteiger partial charge in [-0.3, -0.25) is 0 Å². The number of hydrogen-bond donors (Lipinski definition) is 0. The lowest BCUT2D eigenvalue weighted by Crippen LogP contribution is -2.10. The molecule has 0 radical (unpaired) electrons. The van der Waals surface area contributed by atoms with E-state index >= 15 is 0 Å². The van der Waals surface area contributed by atoms with Gasteiger partial charge >= 0.3 is 0 Å². The molecule has 0 unspecified atom stereocenters. The van der Waals surface area contributed by atoms with E-state index in [1.165, 1.54) is 49.7 Å². The fraction of sp³-hybridized carbons (Fsp3) is 0.0189. The third-order valence-corrected chi connectivity index (χ3v) is 10.8. The summed E-state index contributed by atoms with van der Waals surface area (Å²) >= 11 is 0. The lowest BCUT2D eigenvalue weighted by Gasteiger charge is -2.27. The van der Waals surface area contributed by atoms with Crippen molar-refractivity contribution in [1.82, 2.24) is 0 Å². The molecule has 0 saturated carbocycles. The van der Waals surface area contributed by atoms with E-state index in [0.29, 0.717) is 0 Å². The third-order valence-electron chi connectivity index (χ3n) is 10.8. The summed E-state index contributed by atoms with van der Waals surface area (Å²) < 4.78 is 6.44. The molecule has 0 atom stereocenters. The van der Waals surface area contributed by atoms with E-state index in [1.807, 2.05) is 12.1 Å². The van der Waals surface area contributed by atoms with E-state index in [4.69, 9.17) is 4.42 Å². The van der Waals surface area contributed by atoms with Crippen molar-refractivity contribution >= 4 is 49.8 Å². The van der Waals surface area contributed by atoms with E-state index in [0.717, 1.165) is 50.1 Å². The van der Waals surface area contributed by atoms with E-state index in [1.54, 1.807) is 0 Å². The Morgan fingerprint density at radius 2 is 0.855 bits per heavy atom. The van der Waals surface area contributed by atoms with Gasteiger partial charge in [0.1, 0.15) is 11.2 Å². The molecule has 0 bridgehead atoms. The lowest BCUT2D eigenvalue weighted by molar-refractivity contribution is 0.670. The van der Waals surface area contributed by atoms with E-state index in [2.05, 4.69) is 206 Å². The molecule has 9 aromatic carbocycles. The molecule has 0 aliphatic heterocycles. The summed E-state index contributed by atoms with van der Waals surface area (Å²) in [5.74, 6) is 0. The van der Waals surface area contributed by atoms with Crippen LogP contribution in [0.1, 0.15) is 5.56 Å². The molecule has 0 aliphatic carbocycles. The molecule has 0 N–H and O–H groups in total. The summed E-state index contributed by atoms with van der Waals surface area (Å²) in [6.07, 6.45) is 0. The Kier molecular flexibility index (Phi) is 8.08. The first-order valence-corrected chi connectivity index (χ1v) is 18.8. The van der Waals surface area contributed by atoms with Crippen molar-refractivity contribution in [2.24, 2.45) is 0 Å². The number of aryl methyl sites for hydroxylation is 1. The molecule has 0 saturated heterocycles. The zero-order valence-corrected chi connectivity index (χ0v) is 30.5. The van der Waals surface area contributed by atoms with Crippen molar-refractivity contribution in [1.29, 1.82) is 0 Å². The van der Waals surface area contributed by atoms with Crippen LogP contribution in [0.25, 0.3) is 77.2 Å². The molecular formula is C53H37NO. The number of rotatable bonds is 7. The SMILES string of the molecule is Cc1cc(N(c2ccc(-c3ccccc3)cc2)c2ccc(-c3ccc(-c4cccc5ccccc45)cc3)cc2)ccc1-c1cccc2c1oc1ccccc12. The highest BCUT2D eigenvalue weighted by Crippen LogP contribution is 2.41. The number of fused-ring (bicyclic) bond motifs is 4. The average molecular weight is 704 g/mol. The van der Waals surface area contributed by atoms with Crippen molar-refractivity contribution < 1.29 is 4.42 Å². The summed E-state index contributed by atoms with van der Waals surface area (Å²) in [5.41, 5.74) is 15.8. The van der Waals surface area contributed by atoms with Crippen LogP contribution in [0.2, 0.25) is 0 Å². The van der Waals surface area contributed by atoms with Crippen LogP contribution in [0.4, 0.5) is 17.1 Å². The Labute approximate surface area is 321 Å². The minimum Gasteiger partial charge on any atom is -0.455 e. The molecule has 0 aliphatic rings. The van der Waals surface area contributed by atoms with Gasteiger partial charge in [0.05, 0.1) is 0 Å². The maximum Gasteiger partial charge on any atom is 0.143 e. The molecule has 1 aromatic heterocycles. The lowest BCUT2D eigenvalue weighted by atomic mass is 9.96. The van der Waals surface area contributed by atoms with Crippen molar-refractivity contribution in [3.8, 4) is 44.5 Å². The van der Waals surface area contributed by atoms with Crippen LogP contribution < -0.4 is 4.90 Å². The zero-order valence-electron chi connectivity index (χ0n) is 30.5. The molecular weight excluding hydrogens is 667 g/mol. The molecule has 2 heteroatoms. The minimum absolute atomic E-state index is 0.911. The smallest absolute Gasteiger partial charge is 0.143 e. The first-order chi connectivity index (χ1) is 27.2. The van der Waals surface area contributed by atoms with Gasteiger partial charge in [0, 0.05) is 33.4 Å². The van der Waals surface area contributed by atoms with E-state index in [-0.39, 0.29) is 0 Å². The van der Waals surface area contributed by atoms with Gasteiger partial charge in [-0.25, -0.2) is 0 Å².